The second-order valence-corrected chi connectivity index (χ2v) is 10.0. The molecule has 0 aromatic heterocycles. The maximum Gasteiger partial charge on any atom is 0.410 e. The van der Waals surface area contributed by atoms with Crippen molar-refractivity contribution in [2.45, 2.75) is 69.4 Å². The number of alkyl halides is 3. The lowest BCUT2D eigenvalue weighted by Gasteiger charge is -2.34. The molecule has 8 heteroatoms. The van der Waals surface area contributed by atoms with E-state index in [9.17, 15) is 18.0 Å². The van der Waals surface area contributed by atoms with Gasteiger partial charge in [0.25, 0.3) is 0 Å². The summed E-state index contributed by atoms with van der Waals surface area (Å²) in [6.07, 6.45) is -4.65. The number of hydrogen-bond donors (Lipinski definition) is 1. The van der Waals surface area contributed by atoms with Crippen LogP contribution in [0, 0.1) is 0 Å². The molecular weight excluding hydrogens is 379 g/mol. The SMILES string of the molecule is COc1ccc(N[C@@H]([C@@H](SC(C)(C)C)C(=O)OC(C)(C)C)C(F)(F)F)cc1. The van der Waals surface area contributed by atoms with Gasteiger partial charge in [-0.25, -0.2) is 0 Å². The van der Waals surface area contributed by atoms with Crippen LogP contribution in [0.3, 0.4) is 0 Å². The minimum atomic E-state index is -4.65. The van der Waals surface area contributed by atoms with Gasteiger partial charge in [0, 0.05) is 10.4 Å². The number of halogens is 3. The highest BCUT2D eigenvalue weighted by Gasteiger charge is 2.50. The molecule has 0 aliphatic rings. The molecule has 27 heavy (non-hydrogen) atoms. The lowest BCUT2D eigenvalue weighted by molar-refractivity contribution is -0.167. The van der Waals surface area contributed by atoms with Crippen LogP contribution in [0.4, 0.5) is 18.9 Å². The summed E-state index contributed by atoms with van der Waals surface area (Å²) < 4.78 is 51.3. The van der Waals surface area contributed by atoms with E-state index in [1.54, 1.807) is 53.7 Å². The van der Waals surface area contributed by atoms with Gasteiger partial charge in [0.2, 0.25) is 0 Å². The molecule has 1 aromatic carbocycles. The summed E-state index contributed by atoms with van der Waals surface area (Å²) in [5.41, 5.74) is -0.648. The Labute approximate surface area is 163 Å². The summed E-state index contributed by atoms with van der Waals surface area (Å²) in [5, 5.41) is 0.991. The molecule has 0 spiro atoms. The third-order valence-corrected chi connectivity index (χ3v) is 4.61. The van der Waals surface area contributed by atoms with Crippen molar-refractivity contribution in [2.75, 3.05) is 12.4 Å². The van der Waals surface area contributed by atoms with Crippen LogP contribution in [0.15, 0.2) is 24.3 Å². The van der Waals surface area contributed by atoms with Crippen molar-refractivity contribution in [3.05, 3.63) is 24.3 Å². The lowest BCUT2D eigenvalue weighted by atomic mass is 10.1. The predicted molar refractivity (Wildman–Crippen MR) is 103 cm³/mol. The van der Waals surface area contributed by atoms with Crippen molar-refractivity contribution in [1.82, 2.24) is 0 Å². The maximum absolute atomic E-state index is 13.9. The van der Waals surface area contributed by atoms with Gasteiger partial charge in [0.05, 0.1) is 7.11 Å². The molecule has 0 bridgehead atoms. The molecular formula is C19H28F3NO3S. The number of thioether (sulfide) groups is 1. The molecule has 0 saturated heterocycles. The Morgan fingerprint density at radius 2 is 1.56 bits per heavy atom. The van der Waals surface area contributed by atoms with Crippen molar-refractivity contribution in [2.24, 2.45) is 0 Å². The first-order valence-corrected chi connectivity index (χ1v) is 9.38. The van der Waals surface area contributed by atoms with E-state index in [2.05, 4.69) is 5.32 Å². The van der Waals surface area contributed by atoms with Gasteiger partial charge in [-0.05, 0) is 45.0 Å². The van der Waals surface area contributed by atoms with Crippen molar-refractivity contribution in [3.63, 3.8) is 0 Å². The minimum absolute atomic E-state index is 0.237. The van der Waals surface area contributed by atoms with Gasteiger partial charge in [0.1, 0.15) is 22.6 Å². The summed E-state index contributed by atoms with van der Waals surface area (Å²) in [6, 6.07) is 3.95. The van der Waals surface area contributed by atoms with Crippen molar-refractivity contribution < 1.29 is 27.4 Å². The third kappa shape index (κ3) is 8.32. The number of carbonyl (C=O) groups is 1. The minimum Gasteiger partial charge on any atom is -0.497 e. The predicted octanol–water partition coefficient (Wildman–Crippen LogP) is 5.28. The second-order valence-electron chi connectivity index (χ2n) is 8.08. The van der Waals surface area contributed by atoms with Crippen molar-refractivity contribution in [3.8, 4) is 5.75 Å². The number of hydrogen-bond acceptors (Lipinski definition) is 5. The Morgan fingerprint density at radius 3 is 1.93 bits per heavy atom. The van der Waals surface area contributed by atoms with Gasteiger partial charge in [-0.3, -0.25) is 4.79 Å². The Bertz CT molecular complexity index is 619. The fourth-order valence-corrected chi connectivity index (χ4v) is 3.45. The van der Waals surface area contributed by atoms with Gasteiger partial charge in [0.15, 0.2) is 0 Å². The van der Waals surface area contributed by atoms with Crippen LogP contribution >= 0.6 is 11.8 Å². The van der Waals surface area contributed by atoms with E-state index >= 15 is 0 Å². The van der Waals surface area contributed by atoms with Gasteiger partial charge in [-0.1, -0.05) is 20.8 Å². The summed E-state index contributed by atoms with van der Waals surface area (Å²) >= 11 is 0.931. The number of methoxy groups -OCH3 is 1. The molecule has 0 aliphatic heterocycles. The van der Waals surface area contributed by atoms with Crippen molar-refractivity contribution in [1.29, 1.82) is 0 Å². The third-order valence-electron chi connectivity index (χ3n) is 3.19. The summed E-state index contributed by atoms with van der Waals surface area (Å²) in [5.74, 6) is -0.373. The first-order valence-electron chi connectivity index (χ1n) is 8.50. The van der Waals surface area contributed by atoms with E-state index in [1.807, 2.05) is 0 Å². The fraction of sp³-hybridized carbons (Fsp3) is 0.632. The van der Waals surface area contributed by atoms with Gasteiger partial charge < -0.3 is 14.8 Å². The molecule has 0 amide bonds. The molecule has 0 radical (unpaired) electrons. The van der Waals surface area contributed by atoms with Gasteiger partial charge in [-0.2, -0.15) is 13.2 Å². The topological polar surface area (TPSA) is 47.6 Å². The van der Waals surface area contributed by atoms with Crippen LogP contribution in [-0.4, -0.2) is 40.9 Å². The number of anilines is 1. The monoisotopic (exact) mass is 407 g/mol. The number of esters is 1. The van der Waals surface area contributed by atoms with Crippen LogP contribution in [-0.2, 0) is 9.53 Å². The van der Waals surface area contributed by atoms with Crippen LogP contribution in [0.25, 0.3) is 0 Å². The number of benzene rings is 1. The molecule has 0 aliphatic carbocycles. The highest BCUT2D eigenvalue weighted by Crippen LogP contribution is 2.38. The van der Waals surface area contributed by atoms with Gasteiger partial charge >= 0.3 is 12.1 Å². The first kappa shape index (κ1) is 23.5. The lowest BCUT2D eigenvalue weighted by Crippen LogP contribution is -2.50. The maximum atomic E-state index is 13.9. The Hall–Kier alpha value is -1.57. The average molecular weight is 407 g/mol. The number of carbonyl (C=O) groups excluding carboxylic acids is 1. The highest BCUT2D eigenvalue weighted by molar-refractivity contribution is 8.01. The van der Waals surface area contributed by atoms with E-state index < -0.39 is 33.8 Å². The number of nitrogens with one attached hydrogen (secondary N) is 1. The largest absolute Gasteiger partial charge is 0.497 e. The van der Waals surface area contributed by atoms with Crippen molar-refractivity contribution >= 4 is 23.4 Å². The Morgan fingerprint density at radius 1 is 1.04 bits per heavy atom. The molecule has 2 atom stereocenters. The second kappa shape index (κ2) is 8.63. The Balaban J connectivity index is 3.22. The smallest absolute Gasteiger partial charge is 0.410 e. The molecule has 0 heterocycles. The fourth-order valence-electron chi connectivity index (χ4n) is 2.19. The Kier molecular flexibility index (Phi) is 7.50. The zero-order chi connectivity index (χ0) is 21.0. The molecule has 4 nitrogen and oxygen atoms in total. The van der Waals surface area contributed by atoms with Crippen LogP contribution in [0.5, 0.6) is 5.75 Å². The van der Waals surface area contributed by atoms with Crippen LogP contribution < -0.4 is 10.1 Å². The van der Waals surface area contributed by atoms with E-state index in [0.717, 1.165) is 11.8 Å². The van der Waals surface area contributed by atoms with Crippen LogP contribution in [0.2, 0.25) is 0 Å². The molecule has 1 rings (SSSR count). The molecule has 1 aromatic rings. The standard InChI is InChI=1S/C19H28F3NO3S/c1-17(2,3)26-16(24)14(27-18(4,5)6)15(19(20,21)22)23-12-8-10-13(25-7)11-9-12/h8-11,14-15,23H,1-7H3/t14-,15+/m1/s1. The van der Waals surface area contributed by atoms with Crippen LogP contribution in [0.1, 0.15) is 41.5 Å². The summed E-state index contributed by atoms with van der Waals surface area (Å²) in [6.45, 7) is 10.2. The summed E-state index contributed by atoms with van der Waals surface area (Å²) in [7, 11) is 1.47. The highest BCUT2D eigenvalue weighted by atomic mass is 32.2. The summed E-state index contributed by atoms with van der Waals surface area (Å²) in [4.78, 5) is 12.6. The molecule has 0 saturated carbocycles. The average Bonchev–Trinajstić information content (AvgIpc) is 2.47. The number of rotatable bonds is 6. The first-order chi connectivity index (χ1) is 12.1. The zero-order valence-corrected chi connectivity index (χ0v) is 17.5. The molecule has 0 fully saturated rings. The van der Waals surface area contributed by atoms with E-state index in [1.165, 1.54) is 19.2 Å². The zero-order valence-electron chi connectivity index (χ0n) is 16.7. The van der Waals surface area contributed by atoms with E-state index in [-0.39, 0.29) is 5.69 Å². The van der Waals surface area contributed by atoms with E-state index in [0.29, 0.717) is 5.75 Å². The number of ether oxygens (including phenoxy) is 2. The normalized spacial score (nSPS) is 15.0. The van der Waals surface area contributed by atoms with E-state index in [4.69, 9.17) is 9.47 Å². The van der Waals surface area contributed by atoms with Gasteiger partial charge in [-0.15, -0.1) is 11.8 Å². The molecule has 154 valence electrons. The molecule has 1 N–H and O–H groups in total. The molecule has 0 unspecified atom stereocenters. The quantitative estimate of drug-likeness (QED) is 0.650.